The molecule has 0 aliphatic heterocycles. The predicted octanol–water partition coefficient (Wildman–Crippen LogP) is 24.3. The summed E-state index contributed by atoms with van der Waals surface area (Å²) in [5, 5.41) is 0. The van der Waals surface area contributed by atoms with Crippen molar-refractivity contribution in [3.05, 3.63) is 122 Å². The molecule has 0 saturated heterocycles. The highest BCUT2D eigenvalue weighted by molar-refractivity contribution is 5.71. The number of carbonyl (C=O) groups is 3. The van der Waals surface area contributed by atoms with Crippen molar-refractivity contribution in [2.45, 2.75) is 335 Å². The molecule has 1 atom stereocenters. The zero-order valence-electron chi connectivity index (χ0n) is 54.4. The topological polar surface area (TPSA) is 78.9 Å². The fourth-order valence-electron chi connectivity index (χ4n) is 9.82. The van der Waals surface area contributed by atoms with Gasteiger partial charge in [0, 0.05) is 19.3 Å². The van der Waals surface area contributed by atoms with Gasteiger partial charge in [0.25, 0.3) is 0 Å². The maximum atomic E-state index is 13.0. The molecule has 0 aromatic rings. The van der Waals surface area contributed by atoms with Crippen LogP contribution in [0.25, 0.3) is 0 Å². The maximum absolute atomic E-state index is 13.0. The van der Waals surface area contributed by atoms with Gasteiger partial charge in [-0.05, 0) is 96.3 Å². The third kappa shape index (κ3) is 68.5. The number of esters is 3. The number of carbonyl (C=O) groups excluding carboxylic acids is 3. The van der Waals surface area contributed by atoms with E-state index in [4.69, 9.17) is 14.2 Å². The van der Waals surface area contributed by atoms with E-state index >= 15 is 0 Å². The Hall–Kier alpha value is -4.19. The Kier molecular flexibility index (Phi) is 66.7. The summed E-state index contributed by atoms with van der Waals surface area (Å²) in [4.78, 5) is 38.4. The van der Waals surface area contributed by atoms with Gasteiger partial charge < -0.3 is 14.2 Å². The molecule has 0 bridgehead atoms. The van der Waals surface area contributed by atoms with Crippen molar-refractivity contribution < 1.29 is 28.6 Å². The third-order valence-electron chi connectivity index (χ3n) is 15.0. The Morgan fingerprint density at radius 1 is 0.253 bits per heavy atom. The molecule has 1 unspecified atom stereocenters. The van der Waals surface area contributed by atoms with Crippen LogP contribution in [-0.4, -0.2) is 37.2 Å². The molecule has 474 valence electrons. The standard InChI is InChI=1S/C77H130O6/c1-4-7-10-13-16-19-22-25-28-31-34-36-37-38-39-41-43-46-49-52-55-58-61-64-67-70-76(79)82-73-74(72-81-75(78)69-66-63-60-57-54-51-48-45-42-33-30-27-24-21-18-15-12-9-6-3)83-77(80)71-68-65-62-59-56-53-50-47-44-40-35-32-29-26-23-20-17-14-11-8-5-2/h8-9,11-12,17-18,20-21,26-27,29-30,35,40,42,45,51,54,60,63,74H,4-7,10,13-16,19,22-25,28,31-34,36-39,41,43-44,46-50,52-53,55-59,61-62,64-73H2,1-3H3/b11-8-,12-9-,20-17-,21-18-,29-26-,30-27-,40-35-,45-42-,54-51-,63-60-. The van der Waals surface area contributed by atoms with Crippen LogP contribution in [0, 0.1) is 0 Å². The molecule has 0 fully saturated rings. The van der Waals surface area contributed by atoms with Crippen molar-refractivity contribution in [1.82, 2.24) is 0 Å². The quantitative estimate of drug-likeness (QED) is 0.0261. The van der Waals surface area contributed by atoms with Gasteiger partial charge in [0.1, 0.15) is 13.2 Å². The SMILES string of the molecule is CC/C=C\C/C=C\C/C=C\C/C=C\C/C=C\C/C=C\CCC(=O)OCC(COC(=O)CCCCCCCCCCCCCCCCCCCCCCCCCCC)OC(=O)CCCCCCCCCC/C=C\C/C=C\C/C=C\C/C=C\CC. The van der Waals surface area contributed by atoms with E-state index in [1.165, 1.54) is 173 Å². The van der Waals surface area contributed by atoms with E-state index in [9.17, 15) is 14.4 Å². The van der Waals surface area contributed by atoms with Crippen LogP contribution in [0.5, 0.6) is 0 Å². The maximum Gasteiger partial charge on any atom is 0.306 e. The number of hydrogen-bond acceptors (Lipinski definition) is 6. The number of hydrogen-bond donors (Lipinski definition) is 0. The lowest BCUT2D eigenvalue weighted by molar-refractivity contribution is -0.166. The summed E-state index contributed by atoms with van der Waals surface area (Å²) in [5.41, 5.74) is 0. The van der Waals surface area contributed by atoms with Crippen LogP contribution in [0.2, 0.25) is 0 Å². The van der Waals surface area contributed by atoms with Gasteiger partial charge in [0.15, 0.2) is 6.10 Å². The molecule has 0 radical (unpaired) electrons. The lowest BCUT2D eigenvalue weighted by Crippen LogP contribution is -2.30. The average molecular weight is 1150 g/mol. The summed E-state index contributed by atoms with van der Waals surface area (Å²) in [6.07, 6.45) is 98.1. The highest BCUT2D eigenvalue weighted by atomic mass is 16.6. The van der Waals surface area contributed by atoms with E-state index in [1.54, 1.807) is 0 Å². The lowest BCUT2D eigenvalue weighted by Gasteiger charge is -2.18. The zero-order chi connectivity index (χ0) is 59.9. The van der Waals surface area contributed by atoms with E-state index in [0.29, 0.717) is 19.3 Å². The minimum Gasteiger partial charge on any atom is -0.462 e. The van der Waals surface area contributed by atoms with Gasteiger partial charge in [0.05, 0.1) is 0 Å². The van der Waals surface area contributed by atoms with Crippen molar-refractivity contribution in [3.8, 4) is 0 Å². The monoisotopic (exact) mass is 1150 g/mol. The van der Waals surface area contributed by atoms with E-state index < -0.39 is 6.10 Å². The van der Waals surface area contributed by atoms with Crippen molar-refractivity contribution in [1.29, 1.82) is 0 Å². The third-order valence-corrected chi connectivity index (χ3v) is 15.0. The normalized spacial score (nSPS) is 12.9. The van der Waals surface area contributed by atoms with E-state index in [0.717, 1.165) is 109 Å². The molecule has 0 spiro atoms. The molecule has 0 aliphatic rings. The Labute approximate surface area is 513 Å². The van der Waals surface area contributed by atoms with Gasteiger partial charge in [0.2, 0.25) is 0 Å². The summed E-state index contributed by atoms with van der Waals surface area (Å²) in [6.45, 7) is 6.38. The van der Waals surface area contributed by atoms with Gasteiger partial charge >= 0.3 is 17.9 Å². The summed E-state index contributed by atoms with van der Waals surface area (Å²) < 4.78 is 16.9. The van der Waals surface area contributed by atoms with Gasteiger partial charge in [-0.2, -0.15) is 0 Å². The number of rotatable bonds is 63. The fraction of sp³-hybridized carbons (Fsp3) is 0.701. The van der Waals surface area contributed by atoms with Crippen LogP contribution in [-0.2, 0) is 28.6 Å². The van der Waals surface area contributed by atoms with Crippen molar-refractivity contribution >= 4 is 17.9 Å². The highest BCUT2D eigenvalue weighted by Crippen LogP contribution is 2.17. The lowest BCUT2D eigenvalue weighted by atomic mass is 10.0. The van der Waals surface area contributed by atoms with E-state index in [2.05, 4.69) is 136 Å². The molecular formula is C77H130O6. The minimum atomic E-state index is -0.818. The molecule has 0 amide bonds. The Balaban J connectivity index is 4.43. The molecule has 0 aliphatic carbocycles. The second kappa shape index (κ2) is 70.3. The molecule has 6 nitrogen and oxygen atoms in total. The molecule has 0 saturated carbocycles. The van der Waals surface area contributed by atoms with E-state index in [-0.39, 0.29) is 37.5 Å². The smallest absolute Gasteiger partial charge is 0.306 e. The highest BCUT2D eigenvalue weighted by Gasteiger charge is 2.19. The first-order chi connectivity index (χ1) is 41.0. The molecule has 0 N–H and O–H groups in total. The first-order valence-corrected chi connectivity index (χ1v) is 35.0. The predicted molar refractivity (Wildman–Crippen MR) is 362 cm³/mol. The first-order valence-electron chi connectivity index (χ1n) is 35.0. The molecule has 0 rings (SSSR count). The number of ether oxygens (including phenoxy) is 3. The zero-order valence-corrected chi connectivity index (χ0v) is 54.4. The minimum absolute atomic E-state index is 0.104. The molecule has 0 aromatic heterocycles. The molecule has 0 heterocycles. The van der Waals surface area contributed by atoms with Gasteiger partial charge in [-0.25, -0.2) is 0 Å². The molecule has 0 aromatic carbocycles. The van der Waals surface area contributed by atoms with Crippen LogP contribution in [0.3, 0.4) is 0 Å². The summed E-state index contributed by atoms with van der Waals surface area (Å²) in [6, 6.07) is 0. The van der Waals surface area contributed by atoms with Gasteiger partial charge in [-0.1, -0.05) is 335 Å². The van der Waals surface area contributed by atoms with Crippen LogP contribution in [0.15, 0.2) is 122 Å². The van der Waals surface area contributed by atoms with Gasteiger partial charge in [-0.3, -0.25) is 14.4 Å². The Morgan fingerprint density at radius 2 is 0.494 bits per heavy atom. The molecule has 6 heteroatoms. The molecular weight excluding hydrogens is 1020 g/mol. The van der Waals surface area contributed by atoms with Gasteiger partial charge in [-0.15, -0.1) is 0 Å². The van der Waals surface area contributed by atoms with Crippen LogP contribution in [0.4, 0.5) is 0 Å². The average Bonchev–Trinajstić information content (AvgIpc) is 3.49. The summed E-state index contributed by atoms with van der Waals surface area (Å²) in [5.74, 6) is -0.989. The number of unbranched alkanes of at least 4 members (excludes halogenated alkanes) is 32. The second-order valence-electron chi connectivity index (χ2n) is 23.0. The van der Waals surface area contributed by atoms with Crippen molar-refractivity contribution in [3.63, 3.8) is 0 Å². The number of allylic oxidation sites excluding steroid dienone is 20. The van der Waals surface area contributed by atoms with Crippen LogP contribution >= 0.6 is 0 Å². The fourth-order valence-corrected chi connectivity index (χ4v) is 9.82. The van der Waals surface area contributed by atoms with Crippen LogP contribution < -0.4 is 0 Å². The summed E-state index contributed by atoms with van der Waals surface area (Å²) in [7, 11) is 0. The van der Waals surface area contributed by atoms with Crippen molar-refractivity contribution in [2.75, 3.05) is 13.2 Å². The largest absolute Gasteiger partial charge is 0.462 e. The summed E-state index contributed by atoms with van der Waals surface area (Å²) >= 11 is 0. The molecule has 83 heavy (non-hydrogen) atoms. The van der Waals surface area contributed by atoms with Crippen molar-refractivity contribution in [2.24, 2.45) is 0 Å². The first kappa shape index (κ1) is 78.8. The van der Waals surface area contributed by atoms with Crippen LogP contribution in [0.1, 0.15) is 329 Å². The van der Waals surface area contributed by atoms with E-state index in [1.807, 2.05) is 6.08 Å². The Morgan fingerprint density at radius 3 is 0.807 bits per heavy atom. The Bertz CT molecular complexity index is 1700. The second-order valence-corrected chi connectivity index (χ2v) is 23.0.